The number of nitriles is 1. The highest BCUT2D eigenvalue weighted by Crippen LogP contribution is 2.35. The summed E-state index contributed by atoms with van der Waals surface area (Å²) in [5.74, 6) is 0.878. The molecule has 3 aromatic rings. The van der Waals surface area contributed by atoms with Gasteiger partial charge >= 0.3 is 12.1 Å². The van der Waals surface area contributed by atoms with Crippen LogP contribution in [-0.4, -0.2) is 39.6 Å². The molecule has 0 spiro atoms. The molecule has 0 radical (unpaired) electrons. The van der Waals surface area contributed by atoms with E-state index >= 15 is 0 Å². The maximum Gasteiger partial charge on any atom is 0.416 e. The molecule has 0 aliphatic heterocycles. The molecule has 1 aliphatic rings. The Kier molecular flexibility index (Phi) is 9.64. The molecule has 1 amide bonds. The largest absolute Gasteiger partial charge is 0.460 e. The van der Waals surface area contributed by atoms with Crippen molar-refractivity contribution >= 4 is 17.9 Å². The molecule has 2 aromatic carbocycles. The summed E-state index contributed by atoms with van der Waals surface area (Å²) in [7, 11) is 0. The van der Waals surface area contributed by atoms with Gasteiger partial charge in [-0.25, -0.2) is 9.48 Å². The summed E-state index contributed by atoms with van der Waals surface area (Å²) in [5, 5.41) is 14.2. The second kappa shape index (κ2) is 13.0. The molecular formula is C35H44N4O4. The Bertz CT molecular complexity index is 1450. The van der Waals surface area contributed by atoms with E-state index in [-0.39, 0.29) is 17.8 Å². The number of nitrogens with zero attached hydrogens (tertiary/aromatic N) is 4. The Labute approximate surface area is 255 Å². The van der Waals surface area contributed by atoms with Gasteiger partial charge in [-0.2, -0.15) is 5.26 Å². The minimum Gasteiger partial charge on any atom is -0.460 e. The van der Waals surface area contributed by atoms with Crippen LogP contribution in [0.4, 0.5) is 10.6 Å². The summed E-state index contributed by atoms with van der Waals surface area (Å²) in [6, 6.07) is 19.5. The van der Waals surface area contributed by atoms with Gasteiger partial charge in [0.15, 0.2) is 5.82 Å². The summed E-state index contributed by atoms with van der Waals surface area (Å²) in [6.45, 7) is 13.7. The lowest BCUT2D eigenvalue weighted by atomic mass is 9.80. The number of aryl methyl sites for hydroxylation is 1. The maximum atomic E-state index is 13.7. The Morgan fingerprint density at radius 1 is 0.907 bits per heavy atom. The van der Waals surface area contributed by atoms with E-state index in [0.29, 0.717) is 24.3 Å². The molecule has 1 aromatic heterocycles. The molecule has 1 aliphatic carbocycles. The van der Waals surface area contributed by atoms with Gasteiger partial charge in [-0.3, -0.25) is 9.69 Å². The first-order valence-electron chi connectivity index (χ1n) is 15.1. The summed E-state index contributed by atoms with van der Waals surface area (Å²) < 4.78 is 13.2. The highest BCUT2D eigenvalue weighted by molar-refractivity contribution is 5.88. The van der Waals surface area contributed by atoms with Crippen molar-refractivity contribution in [1.29, 1.82) is 5.26 Å². The highest BCUT2D eigenvalue weighted by atomic mass is 16.6. The van der Waals surface area contributed by atoms with Crippen LogP contribution in [-0.2, 0) is 14.3 Å². The highest BCUT2D eigenvalue weighted by Gasteiger charge is 2.32. The van der Waals surface area contributed by atoms with Crippen molar-refractivity contribution in [3.8, 4) is 23.0 Å². The second-order valence-corrected chi connectivity index (χ2v) is 13.6. The van der Waals surface area contributed by atoms with Gasteiger partial charge in [0.05, 0.1) is 23.0 Å². The lowest BCUT2D eigenvalue weighted by Crippen LogP contribution is -2.41. The number of hydrogen-bond donors (Lipinski definition) is 0. The number of anilines is 1. The molecule has 0 bridgehead atoms. The Hall–Kier alpha value is -4.12. The van der Waals surface area contributed by atoms with Crippen molar-refractivity contribution in [2.75, 3.05) is 11.4 Å². The monoisotopic (exact) mass is 584 g/mol. The molecule has 0 unspecified atom stereocenters. The fourth-order valence-corrected chi connectivity index (χ4v) is 5.38. The number of rotatable bonds is 7. The van der Waals surface area contributed by atoms with Crippen LogP contribution in [0.3, 0.4) is 0 Å². The number of amides is 1. The van der Waals surface area contributed by atoms with Crippen LogP contribution in [0.25, 0.3) is 16.9 Å². The van der Waals surface area contributed by atoms with E-state index in [9.17, 15) is 14.9 Å². The Balaban J connectivity index is 1.62. The molecule has 43 heavy (non-hydrogen) atoms. The quantitative estimate of drug-likeness (QED) is 0.261. The third-order valence-electron chi connectivity index (χ3n) is 7.46. The van der Waals surface area contributed by atoms with E-state index < -0.39 is 17.3 Å². The zero-order valence-electron chi connectivity index (χ0n) is 26.5. The number of benzene rings is 2. The van der Waals surface area contributed by atoms with Crippen molar-refractivity contribution in [2.45, 2.75) is 91.8 Å². The number of hydrogen-bond acceptors (Lipinski definition) is 6. The molecule has 1 fully saturated rings. The zero-order valence-corrected chi connectivity index (χ0v) is 26.5. The van der Waals surface area contributed by atoms with Gasteiger partial charge in [-0.05, 0) is 110 Å². The summed E-state index contributed by atoms with van der Waals surface area (Å²) in [6.07, 6.45) is 3.58. The van der Waals surface area contributed by atoms with E-state index in [4.69, 9.17) is 14.6 Å². The first kappa shape index (κ1) is 31.8. The maximum absolute atomic E-state index is 13.7. The van der Waals surface area contributed by atoms with Crippen molar-refractivity contribution in [3.63, 3.8) is 0 Å². The van der Waals surface area contributed by atoms with Crippen molar-refractivity contribution in [1.82, 2.24) is 9.78 Å². The van der Waals surface area contributed by atoms with Crippen LogP contribution in [0.5, 0.6) is 0 Å². The second-order valence-electron chi connectivity index (χ2n) is 13.6. The first-order valence-corrected chi connectivity index (χ1v) is 15.1. The van der Waals surface area contributed by atoms with E-state index in [1.807, 2.05) is 95.6 Å². The van der Waals surface area contributed by atoms with Crippen LogP contribution < -0.4 is 4.90 Å². The minimum atomic E-state index is -0.671. The van der Waals surface area contributed by atoms with E-state index in [1.54, 1.807) is 17.0 Å². The number of esters is 1. The van der Waals surface area contributed by atoms with Gasteiger partial charge in [-0.15, -0.1) is 5.10 Å². The smallest absolute Gasteiger partial charge is 0.416 e. The van der Waals surface area contributed by atoms with Gasteiger partial charge in [0.2, 0.25) is 0 Å². The van der Waals surface area contributed by atoms with Crippen LogP contribution in [0.1, 0.15) is 84.8 Å². The summed E-state index contributed by atoms with van der Waals surface area (Å²) >= 11 is 0. The zero-order chi connectivity index (χ0) is 31.4. The number of aromatic nitrogens is 2. The molecule has 0 atom stereocenters. The van der Waals surface area contributed by atoms with Crippen molar-refractivity contribution < 1.29 is 19.1 Å². The molecule has 1 heterocycles. The normalized spacial score (nSPS) is 17.2. The van der Waals surface area contributed by atoms with Gasteiger partial charge in [-0.1, -0.05) is 29.8 Å². The predicted octanol–water partition coefficient (Wildman–Crippen LogP) is 8.00. The Morgan fingerprint density at radius 2 is 1.49 bits per heavy atom. The standard InChI is InChI=1S/C35H44N4O4/c1-24-8-16-28(17-9-24)30-21-31(37-39(30)29-18-14-26(22-36)15-19-29)38(33(41)43-35(5,6)7)23-27-12-10-25(11-13-27)20-32(40)42-34(2,3)4/h8-9,14-19,21,25,27H,10-13,20,23H2,1-7H3. The summed E-state index contributed by atoms with van der Waals surface area (Å²) in [4.78, 5) is 27.7. The van der Waals surface area contributed by atoms with Gasteiger partial charge in [0.1, 0.15) is 11.2 Å². The lowest BCUT2D eigenvalue weighted by Gasteiger charge is -2.33. The third-order valence-corrected chi connectivity index (χ3v) is 7.46. The first-order chi connectivity index (χ1) is 20.2. The van der Waals surface area contributed by atoms with Crippen LogP contribution in [0, 0.1) is 30.1 Å². The molecular weight excluding hydrogens is 540 g/mol. The topological polar surface area (TPSA) is 97.4 Å². The van der Waals surface area contributed by atoms with Gasteiger partial charge < -0.3 is 9.47 Å². The number of carbonyl (C=O) groups is 2. The van der Waals surface area contributed by atoms with E-state index in [2.05, 4.69) is 6.07 Å². The number of ether oxygens (including phenoxy) is 2. The fourth-order valence-electron chi connectivity index (χ4n) is 5.38. The Morgan fingerprint density at radius 3 is 2.05 bits per heavy atom. The third kappa shape index (κ3) is 8.93. The SMILES string of the molecule is Cc1ccc(-c2cc(N(CC3CCC(CC(=O)OC(C)(C)C)CC3)C(=O)OC(C)(C)C)nn2-c2ccc(C#N)cc2)cc1. The van der Waals surface area contributed by atoms with Crippen molar-refractivity contribution in [3.05, 3.63) is 65.7 Å². The van der Waals surface area contributed by atoms with Gasteiger partial charge in [0, 0.05) is 24.6 Å². The minimum absolute atomic E-state index is 0.150. The lowest BCUT2D eigenvalue weighted by molar-refractivity contribution is -0.156. The van der Waals surface area contributed by atoms with E-state index in [1.165, 1.54) is 0 Å². The molecule has 0 N–H and O–H groups in total. The van der Waals surface area contributed by atoms with Crippen LogP contribution in [0.15, 0.2) is 54.6 Å². The van der Waals surface area contributed by atoms with E-state index in [0.717, 1.165) is 48.2 Å². The van der Waals surface area contributed by atoms with Gasteiger partial charge in [0.25, 0.3) is 0 Å². The molecule has 0 saturated heterocycles. The molecule has 4 rings (SSSR count). The fraction of sp³-hybridized carbons (Fsp3) is 0.486. The van der Waals surface area contributed by atoms with Crippen LogP contribution in [0.2, 0.25) is 0 Å². The number of carbonyl (C=O) groups excluding carboxylic acids is 2. The average molecular weight is 585 g/mol. The van der Waals surface area contributed by atoms with Crippen LogP contribution >= 0.6 is 0 Å². The molecule has 228 valence electrons. The average Bonchev–Trinajstić information content (AvgIpc) is 3.36. The van der Waals surface area contributed by atoms with Crippen molar-refractivity contribution in [2.24, 2.45) is 11.8 Å². The molecule has 1 saturated carbocycles. The predicted molar refractivity (Wildman–Crippen MR) is 168 cm³/mol. The molecule has 8 nitrogen and oxygen atoms in total. The molecule has 8 heteroatoms. The summed E-state index contributed by atoms with van der Waals surface area (Å²) in [5.41, 5.74) is 3.12.